The fraction of sp³-hybridized carbons (Fsp3) is 0.786. The third-order valence-electron chi connectivity index (χ3n) is 2.75. The summed E-state index contributed by atoms with van der Waals surface area (Å²) in [4.78, 5) is 11.1. The van der Waals surface area contributed by atoms with Crippen molar-refractivity contribution in [1.29, 1.82) is 0 Å². The largest absolute Gasteiger partial charge is 0.364 e. The molecule has 1 N–H and O–H groups in total. The van der Waals surface area contributed by atoms with Gasteiger partial charge in [-0.3, -0.25) is 4.79 Å². The van der Waals surface area contributed by atoms with E-state index in [-0.39, 0.29) is 12.0 Å². The zero-order chi connectivity index (χ0) is 12.9. The number of carbonyl (C=O) groups excluding carboxylic acids is 1. The van der Waals surface area contributed by atoms with Crippen molar-refractivity contribution < 1.29 is 9.53 Å². The summed E-state index contributed by atoms with van der Waals surface area (Å²) < 4.78 is 5.25. The van der Waals surface area contributed by atoms with E-state index in [0.29, 0.717) is 6.61 Å². The molecule has 1 aliphatic rings. The highest BCUT2D eigenvalue weighted by Gasteiger charge is 2.15. The Balaban J connectivity index is 0.000000419. The molecule has 0 bridgehead atoms. The molecule has 1 aliphatic carbocycles. The molecule has 0 spiro atoms. The van der Waals surface area contributed by atoms with Crippen LogP contribution in [-0.2, 0) is 9.53 Å². The first kappa shape index (κ1) is 16.2. The Kier molecular flexibility index (Phi) is 11.1. The van der Waals surface area contributed by atoms with Crippen LogP contribution in [0.15, 0.2) is 12.7 Å². The summed E-state index contributed by atoms with van der Waals surface area (Å²) in [6, 6.07) is 0. The van der Waals surface area contributed by atoms with E-state index in [0.717, 1.165) is 12.8 Å². The topological polar surface area (TPSA) is 38.3 Å². The molecule has 0 aliphatic heterocycles. The highest BCUT2D eigenvalue weighted by molar-refractivity contribution is 5.80. The minimum absolute atomic E-state index is 0.0568. The molecule has 0 aromatic carbocycles. The van der Waals surface area contributed by atoms with Gasteiger partial charge in [-0.15, -0.1) is 6.58 Å². The molecule has 1 rings (SSSR count). The molecule has 100 valence electrons. The lowest BCUT2D eigenvalue weighted by atomic mass is 10.2. The van der Waals surface area contributed by atoms with Gasteiger partial charge in [0, 0.05) is 7.05 Å². The van der Waals surface area contributed by atoms with Crippen molar-refractivity contribution >= 4 is 5.91 Å². The van der Waals surface area contributed by atoms with Gasteiger partial charge >= 0.3 is 0 Å². The first-order valence-corrected chi connectivity index (χ1v) is 6.70. The van der Waals surface area contributed by atoms with Gasteiger partial charge in [-0.25, -0.2) is 0 Å². The molecule has 1 fully saturated rings. The van der Waals surface area contributed by atoms with Crippen molar-refractivity contribution in [3.8, 4) is 0 Å². The second-order valence-corrected chi connectivity index (χ2v) is 4.28. The predicted molar refractivity (Wildman–Crippen MR) is 72.0 cm³/mol. The number of hydrogen-bond donors (Lipinski definition) is 1. The van der Waals surface area contributed by atoms with Gasteiger partial charge in [-0.05, 0) is 6.42 Å². The molecule has 3 nitrogen and oxygen atoms in total. The van der Waals surface area contributed by atoms with Crippen LogP contribution < -0.4 is 5.32 Å². The number of rotatable bonds is 6. The normalized spacial score (nSPS) is 15.6. The molecule has 3 heteroatoms. The van der Waals surface area contributed by atoms with Crippen LogP contribution in [0.1, 0.15) is 51.9 Å². The Morgan fingerprint density at radius 1 is 1.35 bits per heavy atom. The van der Waals surface area contributed by atoms with Crippen LogP contribution >= 0.6 is 0 Å². The summed E-state index contributed by atoms with van der Waals surface area (Å²) in [6.07, 6.45) is 10.5. The van der Waals surface area contributed by atoms with Gasteiger partial charge in [0.2, 0.25) is 5.91 Å². The SMILES string of the molecule is C1CCCC1.C=CCOC(CCC)C(=O)NC. The molecule has 1 amide bonds. The molecule has 1 saturated carbocycles. The number of nitrogens with one attached hydrogen (secondary N) is 1. The first-order chi connectivity index (χ1) is 8.26. The molecule has 1 atom stereocenters. The Bertz CT molecular complexity index is 193. The van der Waals surface area contributed by atoms with E-state index >= 15 is 0 Å². The maximum Gasteiger partial charge on any atom is 0.248 e. The summed E-state index contributed by atoms with van der Waals surface area (Å²) in [6.45, 7) is 5.97. The molecule has 1 unspecified atom stereocenters. The Hall–Kier alpha value is -0.830. The van der Waals surface area contributed by atoms with Crippen LogP contribution in [0, 0.1) is 0 Å². The molecular formula is C14H27NO2. The van der Waals surface area contributed by atoms with Gasteiger partial charge in [0.05, 0.1) is 6.61 Å². The Morgan fingerprint density at radius 2 is 1.88 bits per heavy atom. The van der Waals surface area contributed by atoms with E-state index < -0.39 is 0 Å². The predicted octanol–water partition coefficient (Wildman–Crippen LogP) is 3.05. The fourth-order valence-corrected chi connectivity index (χ4v) is 1.78. The molecule has 0 saturated heterocycles. The summed E-state index contributed by atoms with van der Waals surface area (Å²) in [5.74, 6) is -0.0568. The van der Waals surface area contributed by atoms with Crippen molar-refractivity contribution in [3.05, 3.63) is 12.7 Å². The lowest BCUT2D eigenvalue weighted by Crippen LogP contribution is -2.34. The smallest absolute Gasteiger partial charge is 0.248 e. The van der Waals surface area contributed by atoms with Crippen molar-refractivity contribution in [1.82, 2.24) is 5.32 Å². The maximum atomic E-state index is 11.1. The average Bonchev–Trinajstić information content (AvgIpc) is 2.92. The number of hydrogen-bond acceptors (Lipinski definition) is 2. The van der Waals surface area contributed by atoms with Crippen LogP contribution in [-0.4, -0.2) is 25.7 Å². The summed E-state index contributed by atoms with van der Waals surface area (Å²) >= 11 is 0. The van der Waals surface area contributed by atoms with Gasteiger partial charge < -0.3 is 10.1 Å². The Labute approximate surface area is 106 Å². The second kappa shape index (κ2) is 11.6. The number of carbonyl (C=O) groups is 1. The highest BCUT2D eigenvalue weighted by Crippen LogP contribution is 2.15. The maximum absolute atomic E-state index is 11.1. The van der Waals surface area contributed by atoms with Crippen molar-refractivity contribution in [3.63, 3.8) is 0 Å². The van der Waals surface area contributed by atoms with Gasteiger partial charge in [0.15, 0.2) is 0 Å². The standard InChI is InChI=1S/C9H17NO2.C5H10/c1-4-6-8(9(11)10-3)12-7-5-2;1-2-4-5-3-1/h5,8H,2,4,6-7H2,1,3H3,(H,10,11);1-5H2. The summed E-state index contributed by atoms with van der Waals surface area (Å²) in [5, 5.41) is 2.56. The third-order valence-corrected chi connectivity index (χ3v) is 2.75. The molecule has 17 heavy (non-hydrogen) atoms. The lowest BCUT2D eigenvalue weighted by molar-refractivity contribution is -0.131. The van der Waals surface area contributed by atoms with Crippen LogP contribution in [0.3, 0.4) is 0 Å². The minimum atomic E-state index is -0.321. The number of amides is 1. The van der Waals surface area contributed by atoms with Crippen molar-refractivity contribution in [2.24, 2.45) is 0 Å². The molecule has 0 radical (unpaired) electrons. The molecular weight excluding hydrogens is 214 g/mol. The van der Waals surface area contributed by atoms with Crippen LogP contribution in [0.2, 0.25) is 0 Å². The monoisotopic (exact) mass is 241 g/mol. The highest BCUT2D eigenvalue weighted by atomic mass is 16.5. The van der Waals surface area contributed by atoms with E-state index in [2.05, 4.69) is 11.9 Å². The first-order valence-electron chi connectivity index (χ1n) is 6.70. The van der Waals surface area contributed by atoms with Gasteiger partial charge in [-0.1, -0.05) is 51.5 Å². The van der Waals surface area contributed by atoms with E-state index in [1.807, 2.05) is 6.92 Å². The zero-order valence-corrected chi connectivity index (χ0v) is 11.3. The molecule has 0 aromatic rings. The summed E-state index contributed by atoms with van der Waals surface area (Å²) in [5.41, 5.74) is 0. The van der Waals surface area contributed by atoms with Crippen LogP contribution in [0.4, 0.5) is 0 Å². The molecule has 0 aromatic heterocycles. The zero-order valence-electron chi connectivity index (χ0n) is 11.3. The lowest BCUT2D eigenvalue weighted by Gasteiger charge is -2.13. The van der Waals surface area contributed by atoms with Crippen molar-refractivity contribution in [2.75, 3.05) is 13.7 Å². The number of likely N-dealkylation sites (N-methyl/N-ethyl adjacent to an activating group) is 1. The van der Waals surface area contributed by atoms with Gasteiger partial charge in [0.1, 0.15) is 6.10 Å². The van der Waals surface area contributed by atoms with Gasteiger partial charge in [0.25, 0.3) is 0 Å². The minimum Gasteiger partial charge on any atom is -0.364 e. The van der Waals surface area contributed by atoms with E-state index in [1.54, 1.807) is 13.1 Å². The van der Waals surface area contributed by atoms with Gasteiger partial charge in [-0.2, -0.15) is 0 Å². The molecule has 0 heterocycles. The summed E-state index contributed by atoms with van der Waals surface area (Å²) in [7, 11) is 1.61. The quantitative estimate of drug-likeness (QED) is 0.726. The third kappa shape index (κ3) is 8.93. The second-order valence-electron chi connectivity index (χ2n) is 4.28. The fourth-order valence-electron chi connectivity index (χ4n) is 1.78. The van der Waals surface area contributed by atoms with Crippen LogP contribution in [0.5, 0.6) is 0 Å². The van der Waals surface area contributed by atoms with E-state index in [1.165, 1.54) is 32.1 Å². The van der Waals surface area contributed by atoms with E-state index in [4.69, 9.17) is 4.74 Å². The average molecular weight is 241 g/mol. The Morgan fingerprint density at radius 3 is 2.24 bits per heavy atom. The van der Waals surface area contributed by atoms with Crippen LogP contribution in [0.25, 0.3) is 0 Å². The van der Waals surface area contributed by atoms with Crippen molar-refractivity contribution in [2.45, 2.75) is 58.0 Å². The van der Waals surface area contributed by atoms with E-state index in [9.17, 15) is 4.79 Å². The number of ether oxygens (including phenoxy) is 1.